The summed E-state index contributed by atoms with van der Waals surface area (Å²) in [6.07, 6.45) is 5.22. The van der Waals surface area contributed by atoms with E-state index in [1.807, 2.05) is 18.7 Å². The second-order valence-electron chi connectivity index (χ2n) is 8.83. The summed E-state index contributed by atoms with van der Waals surface area (Å²) in [5.41, 5.74) is 4.86. The minimum Gasteiger partial charge on any atom is -0.392 e. The summed E-state index contributed by atoms with van der Waals surface area (Å²) in [7, 11) is 0. The SMILES string of the molecule is CCCN1C[C@@H](NC(=O)N(CC)CC)CC2c3cc(CO)cc4[nH]c(SC)c(c34)C[C@H]21. The Morgan fingerprint density at radius 3 is 2.74 bits per heavy atom. The molecule has 1 saturated heterocycles. The standard InChI is InChI=1S/C24H36N4O2S/c1-5-8-28-13-16(25-24(30)27(6-2)7-3)11-17-18-9-15(14-29)10-20-22(18)19(12-21(17)28)23(26-20)31-4/h9-10,16-17,21,26,29H,5-8,11-14H2,1-4H3,(H,25,30)/t16-,17?,21+/m0/s1. The number of likely N-dealkylation sites (tertiary alicyclic amines) is 1. The number of aliphatic hydroxyl groups excluding tert-OH is 1. The molecular weight excluding hydrogens is 408 g/mol. The van der Waals surface area contributed by atoms with Gasteiger partial charge in [-0.2, -0.15) is 0 Å². The number of nitrogens with one attached hydrogen (secondary N) is 2. The first-order valence-corrected chi connectivity index (χ1v) is 12.9. The van der Waals surface area contributed by atoms with Crippen LogP contribution in [-0.4, -0.2) is 70.4 Å². The molecule has 31 heavy (non-hydrogen) atoms. The van der Waals surface area contributed by atoms with Gasteiger partial charge in [-0.1, -0.05) is 13.0 Å². The number of carbonyl (C=O) groups is 1. The minimum atomic E-state index is 0.0435. The molecule has 2 aliphatic rings. The number of urea groups is 1. The molecule has 3 N–H and O–H groups in total. The van der Waals surface area contributed by atoms with Gasteiger partial charge in [0.1, 0.15) is 0 Å². The first-order chi connectivity index (χ1) is 15.0. The number of H-pyrrole nitrogens is 1. The summed E-state index contributed by atoms with van der Waals surface area (Å²) in [5.74, 6) is 0.356. The van der Waals surface area contributed by atoms with E-state index < -0.39 is 0 Å². The van der Waals surface area contributed by atoms with Crippen molar-refractivity contribution in [3.63, 3.8) is 0 Å². The molecule has 7 heteroatoms. The van der Waals surface area contributed by atoms with Crippen LogP contribution in [0.3, 0.4) is 0 Å². The Morgan fingerprint density at radius 2 is 2.10 bits per heavy atom. The van der Waals surface area contributed by atoms with Gasteiger partial charge in [0, 0.05) is 48.5 Å². The molecule has 2 heterocycles. The minimum absolute atomic E-state index is 0.0435. The Balaban J connectivity index is 1.72. The topological polar surface area (TPSA) is 71.6 Å². The molecule has 0 saturated carbocycles. The van der Waals surface area contributed by atoms with Gasteiger partial charge < -0.3 is 20.3 Å². The number of hydrogen-bond donors (Lipinski definition) is 3. The lowest BCUT2D eigenvalue weighted by Crippen LogP contribution is -2.57. The van der Waals surface area contributed by atoms with Gasteiger partial charge in [0.2, 0.25) is 0 Å². The van der Waals surface area contributed by atoms with Crippen molar-refractivity contribution in [3.05, 3.63) is 28.8 Å². The first kappa shape index (κ1) is 22.5. The molecule has 1 aliphatic carbocycles. The van der Waals surface area contributed by atoms with Gasteiger partial charge in [-0.15, -0.1) is 11.8 Å². The van der Waals surface area contributed by atoms with Crippen LogP contribution < -0.4 is 5.32 Å². The lowest BCUT2D eigenvalue weighted by atomic mass is 9.73. The average molecular weight is 445 g/mol. The van der Waals surface area contributed by atoms with E-state index in [1.54, 1.807) is 11.8 Å². The van der Waals surface area contributed by atoms with Crippen LogP contribution in [0.4, 0.5) is 4.79 Å². The highest BCUT2D eigenvalue weighted by molar-refractivity contribution is 7.98. The van der Waals surface area contributed by atoms with Crippen LogP contribution >= 0.6 is 11.8 Å². The van der Waals surface area contributed by atoms with Crippen LogP contribution in [0.1, 0.15) is 56.2 Å². The van der Waals surface area contributed by atoms with Gasteiger partial charge in [-0.3, -0.25) is 4.90 Å². The van der Waals surface area contributed by atoms with Gasteiger partial charge >= 0.3 is 6.03 Å². The maximum atomic E-state index is 12.8. The zero-order chi connectivity index (χ0) is 22.1. The van der Waals surface area contributed by atoms with E-state index in [1.165, 1.54) is 21.5 Å². The van der Waals surface area contributed by atoms with Crippen molar-refractivity contribution < 1.29 is 9.90 Å². The van der Waals surface area contributed by atoms with Crippen molar-refractivity contribution in [1.29, 1.82) is 0 Å². The van der Waals surface area contributed by atoms with Gasteiger partial charge in [0.05, 0.1) is 11.6 Å². The lowest BCUT2D eigenvalue weighted by molar-refractivity contribution is 0.0975. The van der Waals surface area contributed by atoms with Crippen LogP contribution in [0.25, 0.3) is 10.9 Å². The number of hydrogen-bond acceptors (Lipinski definition) is 4. The Bertz CT molecular complexity index is 939. The molecule has 1 fully saturated rings. The molecule has 1 aliphatic heterocycles. The fourth-order valence-electron chi connectivity index (χ4n) is 5.68. The highest BCUT2D eigenvalue weighted by Gasteiger charge is 2.42. The number of aromatic amines is 1. The Hall–Kier alpha value is -1.70. The molecule has 6 nitrogen and oxygen atoms in total. The normalized spacial score (nSPS) is 23.1. The fraction of sp³-hybridized carbons (Fsp3) is 0.625. The van der Waals surface area contributed by atoms with Gasteiger partial charge in [0.25, 0.3) is 0 Å². The summed E-state index contributed by atoms with van der Waals surface area (Å²) < 4.78 is 0. The number of carbonyl (C=O) groups excluding carboxylic acids is 1. The summed E-state index contributed by atoms with van der Waals surface area (Å²) >= 11 is 1.77. The number of nitrogens with zero attached hydrogens (tertiary/aromatic N) is 2. The Labute approximate surface area is 189 Å². The van der Waals surface area contributed by atoms with Crippen molar-refractivity contribution in [3.8, 4) is 0 Å². The monoisotopic (exact) mass is 444 g/mol. The summed E-state index contributed by atoms with van der Waals surface area (Å²) in [4.78, 5) is 20.8. The third-order valence-corrected chi connectivity index (χ3v) is 7.82. The predicted octanol–water partition coefficient (Wildman–Crippen LogP) is 3.93. The predicted molar refractivity (Wildman–Crippen MR) is 128 cm³/mol. The van der Waals surface area contributed by atoms with Gasteiger partial charge in [-0.25, -0.2) is 4.79 Å². The first-order valence-electron chi connectivity index (χ1n) is 11.7. The highest BCUT2D eigenvalue weighted by Crippen LogP contribution is 2.46. The van der Waals surface area contributed by atoms with Crippen LogP contribution in [0.5, 0.6) is 0 Å². The molecule has 1 aromatic heterocycles. The quantitative estimate of drug-likeness (QED) is 0.566. The largest absolute Gasteiger partial charge is 0.392 e. The Morgan fingerprint density at radius 1 is 1.32 bits per heavy atom. The molecule has 0 spiro atoms. The van der Waals surface area contributed by atoms with Crippen molar-refractivity contribution >= 4 is 28.7 Å². The molecule has 1 unspecified atom stereocenters. The number of aliphatic hydroxyl groups is 1. The smallest absolute Gasteiger partial charge is 0.317 e. The van der Waals surface area contributed by atoms with Crippen LogP contribution in [0.2, 0.25) is 0 Å². The lowest BCUT2D eigenvalue weighted by Gasteiger charge is -2.47. The molecule has 0 radical (unpaired) electrons. The van der Waals surface area contributed by atoms with Crippen molar-refractivity contribution in [1.82, 2.24) is 20.1 Å². The van der Waals surface area contributed by atoms with E-state index in [4.69, 9.17) is 0 Å². The second-order valence-corrected chi connectivity index (χ2v) is 9.65. The zero-order valence-corrected chi connectivity index (χ0v) is 20.0. The number of amides is 2. The highest BCUT2D eigenvalue weighted by atomic mass is 32.2. The third-order valence-electron chi connectivity index (χ3n) is 7.07. The van der Waals surface area contributed by atoms with E-state index in [-0.39, 0.29) is 18.7 Å². The number of thioether (sulfide) groups is 1. The summed E-state index contributed by atoms with van der Waals surface area (Å²) in [5, 5.41) is 15.8. The fourth-order valence-corrected chi connectivity index (χ4v) is 6.32. The van der Waals surface area contributed by atoms with E-state index in [9.17, 15) is 9.90 Å². The molecular formula is C24H36N4O2S. The molecule has 2 aromatic rings. The molecule has 1 aromatic carbocycles. The van der Waals surface area contributed by atoms with E-state index in [0.29, 0.717) is 12.0 Å². The zero-order valence-electron chi connectivity index (χ0n) is 19.2. The van der Waals surface area contributed by atoms with Gasteiger partial charge in [-0.05, 0) is 68.7 Å². The molecule has 170 valence electrons. The van der Waals surface area contributed by atoms with Crippen molar-refractivity contribution in [2.75, 3.05) is 32.4 Å². The van der Waals surface area contributed by atoms with Crippen LogP contribution in [0, 0.1) is 0 Å². The molecule has 2 amide bonds. The third kappa shape index (κ3) is 4.08. The van der Waals surface area contributed by atoms with Gasteiger partial charge in [0.15, 0.2) is 0 Å². The number of aromatic nitrogens is 1. The second kappa shape index (κ2) is 9.43. The van der Waals surface area contributed by atoms with Crippen LogP contribution in [0.15, 0.2) is 17.2 Å². The molecule has 4 rings (SSSR count). The number of piperidine rings is 1. The molecule has 0 bridgehead atoms. The average Bonchev–Trinajstić information content (AvgIpc) is 3.13. The number of fused-ring (bicyclic) bond motifs is 2. The Kier molecular flexibility index (Phi) is 6.84. The van der Waals surface area contributed by atoms with E-state index in [2.05, 4.69) is 40.5 Å². The maximum absolute atomic E-state index is 12.8. The molecule has 3 atom stereocenters. The summed E-state index contributed by atoms with van der Waals surface area (Å²) in [6, 6.07) is 4.91. The van der Waals surface area contributed by atoms with Crippen molar-refractivity contribution in [2.45, 2.75) is 69.7 Å². The van der Waals surface area contributed by atoms with E-state index >= 15 is 0 Å². The van der Waals surface area contributed by atoms with Crippen molar-refractivity contribution in [2.24, 2.45) is 0 Å². The summed E-state index contributed by atoms with van der Waals surface area (Å²) in [6.45, 7) is 9.72. The van der Waals surface area contributed by atoms with Crippen LogP contribution in [-0.2, 0) is 13.0 Å². The maximum Gasteiger partial charge on any atom is 0.317 e. The number of rotatable bonds is 7. The van der Waals surface area contributed by atoms with E-state index in [0.717, 1.165) is 56.5 Å². The number of benzene rings is 1.